The lowest BCUT2D eigenvalue weighted by molar-refractivity contribution is -0.145. The molecule has 0 aliphatic carbocycles. The van der Waals surface area contributed by atoms with Crippen LogP contribution in [0.2, 0.25) is 0 Å². The second kappa shape index (κ2) is 8.29. The molecule has 5 rings (SSSR count). The average molecular weight is 461 g/mol. The van der Waals surface area contributed by atoms with Gasteiger partial charge in [0.1, 0.15) is 12.2 Å². The van der Waals surface area contributed by atoms with E-state index in [0.717, 1.165) is 26.7 Å². The zero-order valence-corrected chi connectivity index (χ0v) is 18.9. The van der Waals surface area contributed by atoms with Crippen LogP contribution in [0.1, 0.15) is 28.8 Å². The van der Waals surface area contributed by atoms with E-state index in [9.17, 15) is 14.4 Å². The first-order valence-corrected chi connectivity index (χ1v) is 11.3. The van der Waals surface area contributed by atoms with Gasteiger partial charge >= 0.3 is 11.6 Å². The lowest BCUT2D eigenvalue weighted by Gasteiger charge is -2.08. The maximum Gasteiger partial charge on any atom is 0.339 e. The van der Waals surface area contributed by atoms with E-state index in [1.54, 1.807) is 4.40 Å². The molecule has 7 nitrogen and oxygen atoms in total. The highest BCUT2D eigenvalue weighted by atomic mass is 32.1. The molecule has 3 aromatic heterocycles. The summed E-state index contributed by atoms with van der Waals surface area (Å²) in [5.41, 5.74) is 3.34. The predicted octanol–water partition coefficient (Wildman–Crippen LogP) is 4.31. The fraction of sp³-hybridized carbons (Fsp3) is 0.200. The van der Waals surface area contributed by atoms with Crippen LogP contribution < -0.4 is 11.2 Å². The number of fused-ring (bicyclic) bond motifs is 4. The van der Waals surface area contributed by atoms with Crippen LogP contribution in [0, 0.1) is 13.8 Å². The summed E-state index contributed by atoms with van der Waals surface area (Å²) in [7, 11) is 0. The largest absolute Gasteiger partial charge is 0.459 e. The van der Waals surface area contributed by atoms with E-state index in [1.807, 2.05) is 56.3 Å². The van der Waals surface area contributed by atoms with Crippen molar-refractivity contribution in [1.29, 1.82) is 0 Å². The van der Waals surface area contributed by atoms with Crippen LogP contribution in [0.3, 0.4) is 0 Å². The van der Waals surface area contributed by atoms with Crippen molar-refractivity contribution in [3.63, 3.8) is 0 Å². The quantitative estimate of drug-likeness (QED) is 0.287. The molecule has 3 heterocycles. The fourth-order valence-corrected chi connectivity index (χ4v) is 4.99. The zero-order chi connectivity index (χ0) is 23.1. The van der Waals surface area contributed by atoms with Gasteiger partial charge in [-0.25, -0.2) is 9.78 Å². The lowest BCUT2D eigenvalue weighted by atomic mass is 10.0. The van der Waals surface area contributed by atoms with Gasteiger partial charge in [0.25, 0.3) is 5.56 Å². The summed E-state index contributed by atoms with van der Waals surface area (Å²) in [6.45, 7) is 3.68. The van der Waals surface area contributed by atoms with E-state index in [2.05, 4.69) is 4.98 Å². The normalized spacial score (nSPS) is 11.5. The maximum atomic E-state index is 12.6. The van der Waals surface area contributed by atoms with Gasteiger partial charge in [-0.3, -0.25) is 14.0 Å². The van der Waals surface area contributed by atoms with Crippen molar-refractivity contribution in [3.8, 4) is 0 Å². The van der Waals surface area contributed by atoms with Crippen LogP contribution in [0.5, 0.6) is 0 Å². The highest BCUT2D eigenvalue weighted by Gasteiger charge is 2.15. The molecule has 0 atom stereocenters. The Morgan fingerprint density at radius 1 is 1.12 bits per heavy atom. The SMILES string of the molecule is Cc1ccc2c(C)c(CCC(=O)OCc3cc(=O)n4c(n3)sc3ccccc34)c(=O)oc2c1. The lowest BCUT2D eigenvalue weighted by Crippen LogP contribution is -2.16. The molecule has 166 valence electrons. The minimum absolute atomic E-state index is 0.0209. The summed E-state index contributed by atoms with van der Waals surface area (Å²) in [4.78, 5) is 42.4. The van der Waals surface area contributed by atoms with Gasteiger partial charge in [-0.15, -0.1) is 0 Å². The highest BCUT2D eigenvalue weighted by molar-refractivity contribution is 7.23. The zero-order valence-electron chi connectivity index (χ0n) is 18.1. The number of carbonyl (C=O) groups excluding carboxylic acids is 1. The van der Waals surface area contributed by atoms with Gasteiger partial charge in [0.15, 0.2) is 4.96 Å². The smallest absolute Gasteiger partial charge is 0.339 e. The minimum atomic E-state index is -0.476. The Labute approximate surface area is 191 Å². The van der Waals surface area contributed by atoms with Crippen LogP contribution in [0.4, 0.5) is 0 Å². The number of aryl methyl sites for hydroxylation is 2. The Hall–Kier alpha value is -3.78. The van der Waals surface area contributed by atoms with Crippen LogP contribution in [-0.2, 0) is 22.6 Å². The summed E-state index contributed by atoms with van der Waals surface area (Å²) in [6, 6.07) is 14.7. The second-order valence-corrected chi connectivity index (χ2v) is 8.94. The molecule has 0 unspecified atom stereocenters. The summed E-state index contributed by atoms with van der Waals surface area (Å²) in [5.74, 6) is -0.476. The molecule has 0 aliphatic rings. The van der Waals surface area contributed by atoms with Gasteiger partial charge in [0.2, 0.25) is 0 Å². The Kier molecular flexibility index (Phi) is 5.30. The van der Waals surface area contributed by atoms with Crippen molar-refractivity contribution in [3.05, 3.63) is 91.7 Å². The van der Waals surface area contributed by atoms with E-state index in [-0.39, 0.29) is 25.0 Å². The third-order valence-electron chi connectivity index (χ3n) is 5.65. The van der Waals surface area contributed by atoms with Crippen molar-refractivity contribution in [2.24, 2.45) is 0 Å². The number of nitrogens with zero attached hydrogens (tertiary/aromatic N) is 2. The molecule has 0 saturated carbocycles. The maximum absolute atomic E-state index is 12.6. The van der Waals surface area contributed by atoms with E-state index in [4.69, 9.17) is 9.15 Å². The van der Waals surface area contributed by atoms with Gasteiger partial charge < -0.3 is 9.15 Å². The summed E-state index contributed by atoms with van der Waals surface area (Å²) < 4.78 is 13.3. The number of benzene rings is 2. The van der Waals surface area contributed by atoms with Gasteiger partial charge in [-0.05, 0) is 49.6 Å². The average Bonchev–Trinajstić information content (AvgIpc) is 3.16. The molecular weight excluding hydrogens is 440 g/mol. The van der Waals surface area contributed by atoms with Gasteiger partial charge in [-0.2, -0.15) is 0 Å². The molecule has 8 heteroatoms. The molecule has 0 amide bonds. The number of esters is 1. The Balaban J connectivity index is 1.30. The molecule has 0 saturated heterocycles. The Morgan fingerprint density at radius 3 is 2.79 bits per heavy atom. The molecule has 0 spiro atoms. The third-order valence-corrected chi connectivity index (χ3v) is 6.67. The van der Waals surface area contributed by atoms with Crippen LogP contribution >= 0.6 is 11.3 Å². The minimum Gasteiger partial charge on any atom is -0.459 e. The topological polar surface area (TPSA) is 90.9 Å². The number of aromatic nitrogens is 2. The van der Waals surface area contributed by atoms with E-state index in [0.29, 0.717) is 21.8 Å². The summed E-state index contributed by atoms with van der Waals surface area (Å²) in [6.07, 6.45) is 0.231. The van der Waals surface area contributed by atoms with E-state index >= 15 is 0 Å². The van der Waals surface area contributed by atoms with E-state index in [1.165, 1.54) is 17.4 Å². The number of para-hydroxylation sites is 1. The molecule has 0 bridgehead atoms. The number of hydrogen-bond donors (Lipinski definition) is 0. The van der Waals surface area contributed by atoms with Gasteiger partial charge in [0, 0.05) is 23.4 Å². The van der Waals surface area contributed by atoms with Crippen molar-refractivity contribution < 1.29 is 13.9 Å². The number of carbonyl (C=O) groups is 1. The Morgan fingerprint density at radius 2 is 1.94 bits per heavy atom. The molecule has 0 N–H and O–H groups in total. The third kappa shape index (κ3) is 3.93. The summed E-state index contributed by atoms with van der Waals surface area (Å²) in [5, 5.41) is 0.852. The first-order valence-electron chi connectivity index (χ1n) is 10.5. The molecule has 0 fully saturated rings. The first-order chi connectivity index (χ1) is 15.9. The van der Waals surface area contributed by atoms with Crippen molar-refractivity contribution >= 4 is 43.5 Å². The van der Waals surface area contributed by atoms with Gasteiger partial charge in [0.05, 0.1) is 15.9 Å². The van der Waals surface area contributed by atoms with Crippen LogP contribution in [0.25, 0.3) is 26.1 Å². The van der Waals surface area contributed by atoms with Crippen LogP contribution in [-0.4, -0.2) is 15.4 Å². The van der Waals surface area contributed by atoms with Crippen molar-refractivity contribution in [2.45, 2.75) is 33.3 Å². The van der Waals surface area contributed by atoms with Gasteiger partial charge in [-0.1, -0.05) is 35.6 Å². The first kappa shape index (κ1) is 21.1. The van der Waals surface area contributed by atoms with Crippen LogP contribution in [0.15, 0.2) is 62.5 Å². The number of rotatable bonds is 5. The van der Waals surface area contributed by atoms with Crippen molar-refractivity contribution in [2.75, 3.05) is 0 Å². The van der Waals surface area contributed by atoms with E-state index < -0.39 is 11.6 Å². The summed E-state index contributed by atoms with van der Waals surface area (Å²) >= 11 is 1.40. The predicted molar refractivity (Wildman–Crippen MR) is 127 cm³/mol. The van der Waals surface area contributed by atoms with Crippen molar-refractivity contribution in [1.82, 2.24) is 9.38 Å². The highest BCUT2D eigenvalue weighted by Crippen LogP contribution is 2.24. The number of hydrogen-bond acceptors (Lipinski definition) is 7. The molecule has 0 radical (unpaired) electrons. The number of ether oxygens (including phenoxy) is 1. The molecule has 0 aliphatic heterocycles. The molecule has 2 aromatic carbocycles. The second-order valence-electron chi connectivity index (χ2n) is 7.93. The standard InChI is InChI=1S/C25H20N2O5S/c1-14-7-8-17-15(2)18(24(30)32-20(17)11-14)9-10-23(29)31-13-16-12-22(28)27-19-5-3-4-6-21(19)33-25(27)26-16/h3-8,11-12H,9-10,13H2,1-2H3. The number of thiazole rings is 1. The molecule has 5 aromatic rings. The Bertz CT molecular complexity index is 1660. The monoisotopic (exact) mass is 460 g/mol. The fourth-order valence-electron chi connectivity index (χ4n) is 3.94. The molecular formula is C25H20N2O5S. The molecule has 33 heavy (non-hydrogen) atoms.